The lowest BCUT2D eigenvalue weighted by molar-refractivity contribution is -0.125. The highest BCUT2D eigenvalue weighted by atomic mass is 16.2. The van der Waals surface area contributed by atoms with Crippen LogP contribution in [0.2, 0.25) is 0 Å². The van der Waals surface area contributed by atoms with Crippen LogP contribution in [0, 0.1) is 5.92 Å². The van der Waals surface area contributed by atoms with Gasteiger partial charge < -0.3 is 0 Å². The van der Waals surface area contributed by atoms with Crippen LogP contribution in [-0.2, 0) is 4.79 Å². The maximum Gasteiger partial charge on any atom is 0.270 e. The van der Waals surface area contributed by atoms with Crippen LogP contribution in [0.15, 0.2) is 36.5 Å². The lowest BCUT2D eigenvalue weighted by Crippen LogP contribution is -2.44. The van der Waals surface area contributed by atoms with E-state index in [0.717, 1.165) is 36.6 Å². The number of aromatic nitrogens is 1. The summed E-state index contributed by atoms with van der Waals surface area (Å²) >= 11 is 0. The summed E-state index contributed by atoms with van der Waals surface area (Å²) in [5, 5.41) is 0.771. The molecule has 3 rings (SSSR count). The zero-order valence-electron chi connectivity index (χ0n) is 11.6. The number of hydrogen-bond acceptors (Lipinski definition) is 3. The second kappa shape index (κ2) is 5.91. The van der Waals surface area contributed by atoms with Gasteiger partial charge >= 0.3 is 0 Å². The minimum Gasteiger partial charge on any atom is -0.273 e. The van der Waals surface area contributed by atoms with E-state index in [-0.39, 0.29) is 17.7 Å². The SMILES string of the molecule is O=C(NNC(=O)C1CCCC1)c1cccc2ncccc12. The van der Waals surface area contributed by atoms with Crippen LogP contribution in [-0.4, -0.2) is 16.8 Å². The Kier molecular flexibility index (Phi) is 3.81. The first-order chi connectivity index (χ1) is 10.3. The van der Waals surface area contributed by atoms with Gasteiger partial charge in [0.15, 0.2) is 0 Å². The van der Waals surface area contributed by atoms with Gasteiger partial charge in [-0.2, -0.15) is 0 Å². The van der Waals surface area contributed by atoms with Crippen molar-refractivity contribution >= 4 is 22.7 Å². The summed E-state index contributed by atoms with van der Waals surface area (Å²) in [5.41, 5.74) is 6.29. The topological polar surface area (TPSA) is 71.1 Å². The van der Waals surface area contributed by atoms with Crippen molar-refractivity contribution < 1.29 is 9.59 Å². The molecular weight excluding hydrogens is 266 g/mol. The molecule has 108 valence electrons. The number of nitrogens with one attached hydrogen (secondary N) is 2. The third-order valence-corrected chi connectivity index (χ3v) is 3.92. The highest BCUT2D eigenvalue weighted by Crippen LogP contribution is 2.24. The molecule has 1 fully saturated rings. The second-order valence-corrected chi connectivity index (χ2v) is 5.30. The summed E-state index contributed by atoms with van der Waals surface area (Å²) < 4.78 is 0. The molecule has 1 saturated carbocycles. The lowest BCUT2D eigenvalue weighted by atomic mass is 10.1. The Bertz CT molecular complexity index is 673. The summed E-state index contributed by atoms with van der Waals surface area (Å²) in [6, 6.07) is 8.99. The normalized spacial score (nSPS) is 15.0. The predicted molar refractivity (Wildman–Crippen MR) is 79.3 cm³/mol. The van der Waals surface area contributed by atoms with Crippen LogP contribution >= 0.6 is 0 Å². The summed E-state index contributed by atoms with van der Waals surface area (Å²) in [7, 11) is 0. The summed E-state index contributed by atoms with van der Waals surface area (Å²) in [5.74, 6) is -0.390. The van der Waals surface area contributed by atoms with Crippen molar-refractivity contribution in [3.63, 3.8) is 0 Å². The highest BCUT2D eigenvalue weighted by molar-refractivity contribution is 6.06. The van der Waals surface area contributed by atoms with Crippen LogP contribution in [0.4, 0.5) is 0 Å². The molecule has 1 aliphatic carbocycles. The Morgan fingerprint density at radius 3 is 2.67 bits per heavy atom. The molecule has 0 bridgehead atoms. The molecule has 0 radical (unpaired) electrons. The molecule has 1 aliphatic rings. The fourth-order valence-electron chi connectivity index (χ4n) is 2.78. The molecule has 2 N–H and O–H groups in total. The molecule has 0 aliphatic heterocycles. The zero-order valence-corrected chi connectivity index (χ0v) is 11.6. The number of hydrazine groups is 1. The van der Waals surface area contributed by atoms with E-state index in [2.05, 4.69) is 15.8 Å². The molecule has 5 heteroatoms. The van der Waals surface area contributed by atoms with E-state index >= 15 is 0 Å². The maximum atomic E-state index is 12.2. The number of hydrogen-bond donors (Lipinski definition) is 2. The van der Waals surface area contributed by atoms with E-state index in [9.17, 15) is 9.59 Å². The summed E-state index contributed by atoms with van der Waals surface area (Å²) in [4.78, 5) is 28.3. The Hall–Kier alpha value is -2.43. The van der Waals surface area contributed by atoms with Crippen molar-refractivity contribution in [1.82, 2.24) is 15.8 Å². The van der Waals surface area contributed by atoms with Gasteiger partial charge in [-0.3, -0.25) is 25.4 Å². The first-order valence-electron chi connectivity index (χ1n) is 7.19. The molecule has 0 saturated heterocycles. The quantitative estimate of drug-likeness (QED) is 0.830. The van der Waals surface area contributed by atoms with Crippen molar-refractivity contribution in [2.75, 3.05) is 0 Å². The van der Waals surface area contributed by atoms with E-state index in [1.165, 1.54) is 0 Å². The van der Waals surface area contributed by atoms with Crippen LogP contribution < -0.4 is 10.9 Å². The molecule has 0 atom stereocenters. The van der Waals surface area contributed by atoms with Gasteiger partial charge in [-0.25, -0.2) is 0 Å². The van der Waals surface area contributed by atoms with Gasteiger partial charge in [-0.1, -0.05) is 25.0 Å². The van der Waals surface area contributed by atoms with E-state index in [0.29, 0.717) is 5.56 Å². The third-order valence-electron chi connectivity index (χ3n) is 3.92. The minimum absolute atomic E-state index is 0.0273. The van der Waals surface area contributed by atoms with Crippen molar-refractivity contribution in [3.8, 4) is 0 Å². The van der Waals surface area contributed by atoms with E-state index < -0.39 is 0 Å². The Balaban J connectivity index is 1.71. The molecule has 1 aromatic heterocycles. The summed E-state index contributed by atoms with van der Waals surface area (Å²) in [6.45, 7) is 0. The van der Waals surface area contributed by atoms with Crippen molar-refractivity contribution in [3.05, 3.63) is 42.1 Å². The predicted octanol–water partition coefficient (Wildman–Crippen LogP) is 2.19. The lowest BCUT2D eigenvalue weighted by Gasteiger charge is -2.12. The molecule has 1 heterocycles. The molecule has 2 amide bonds. The van der Waals surface area contributed by atoms with Crippen LogP contribution in [0.5, 0.6) is 0 Å². The van der Waals surface area contributed by atoms with Gasteiger partial charge in [0.2, 0.25) is 5.91 Å². The molecular formula is C16H17N3O2. The average molecular weight is 283 g/mol. The smallest absolute Gasteiger partial charge is 0.270 e. The molecule has 0 spiro atoms. The number of carbonyl (C=O) groups is 2. The number of benzene rings is 1. The van der Waals surface area contributed by atoms with Crippen LogP contribution in [0.3, 0.4) is 0 Å². The number of carbonyl (C=O) groups excluding carboxylic acids is 2. The fourth-order valence-corrected chi connectivity index (χ4v) is 2.78. The van der Waals surface area contributed by atoms with Crippen molar-refractivity contribution in [1.29, 1.82) is 0 Å². The van der Waals surface area contributed by atoms with Crippen molar-refractivity contribution in [2.45, 2.75) is 25.7 Å². The zero-order chi connectivity index (χ0) is 14.7. The van der Waals surface area contributed by atoms with Gasteiger partial charge in [0, 0.05) is 17.5 Å². The molecule has 21 heavy (non-hydrogen) atoms. The first-order valence-corrected chi connectivity index (χ1v) is 7.19. The van der Waals surface area contributed by atoms with Crippen molar-refractivity contribution in [2.24, 2.45) is 5.92 Å². The second-order valence-electron chi connectivity index (χ2n) is 5.30. The number of pyridine rings is 1. The average Bonchev–Trinajstić information content (AvgIpc) is 3.06. The molecule has 1 aromatic carbocycles. The Labute approximate surface area is 122 Å². The number of amides is 2. The van der Waals surface area contributed by atoms with Gasteiger partial charge in [0.1, 0.15) is 0 Å². The number of rotatable bonds is 2. The van der Waals surface area contributed by atoms with Crippen LogP contribution in [0.1, 0.15) is 36.0 Å². The van der Waals surface area contributed by atoms with Gasteiger partial charge in [0.25, 0.3) is 5.91 Å². The van der Waals surface area contributed by atoms with Gasteiger partial charge in [-0.15, -0.1) is 0 Å². The standard InChI is InChI=1S/C16H17N3O2/c20-15(11-5-1-2-6-11)18-19-16(21)13-7-3-9-14-12(13)8-4-10-17-14/h3-4,7-11H,1-2,5-6H2,(H,18,20)(H,19,21). The van der Waals surface area contributed by atoms with E-state index in [1.807, 2.05) is 12.1 Å². The maximum absolute atomic E-state index is 12.2. The van der Waals surface area contributed by atoms with E-state index in [4.69, 9.17) is 0 Å². The van der Waals surface area contributed by atoms with Gasteiger partial charge in [-0.05, 0) is 31.0 Å². The van der Waals surface area contributed by atoms with Gasteiger partial charge in [0.05, 0.1) is 11.1 Å². The summed E-state index contributed by atoms with van der Waals surface area (Å²) in [6.07, 6.45) is 5.66. The molecule has 0 unspecified atom stereocenters. The number of fused-ring (bicyclic) bond motifs is 1. The third kappa shape index (κ3) is 2.86. The molecule has 5 nitrogen and oxygen atoms in total. The Morgan fingerprint density at radius 1 is 1.05 bits per heavy atom. The monoisotopic (exact) mass is 283 g/mol. The molecule has 2 aromatic rings. The first kappa shape index (κ1) is 13.5. The number of nitrogens with zero attached hydrogens (tertiary/aromatic N) is 1. The Morgan fingerprint density at radius 2 is 1.86 bits per heavy atom. The van der Waals surface area contributed by atoms with E-state index in [1.54, 1.807) is 24.4 Å². The largest absolute Gasteiger partial charge is 0.273 e. The van der Waals surface area contributed by atoms with Crippen LogP contribution in [0.25, 0.3) is 10.9 Å². The minimum atomic E-state index is -0.319. The highest BCUT2D eigenvalue weighted by Gasteiger charge is 2.23. The fraction of sp³-hybridized carbons (Fsp3) is 0.312.